The number of nitrogens with one attached hydrogen (secondary N) is 1. The molecule has 2 aliphatic carbocycles. The van der Waals surface area contributed by atoms with Crippen molar-refractivity contribution in [3.8, 4) is 0 Å². The first kappa shape index (κ1) is 14.1. The zero-order valence-corrected chi connectivity index (χ0v) is 12.3. The largest absolute Gasteiger partial charge is 0.455 e. The summed E-state index contributed by atoms with van der Waals surface area (Å²) in [7, 11) is 0. The van der Waals surface area contributed by atoms with Crippen LogP contribution in [-0.2, 0) is 19.7 Å². The van der Waals surface area contributed by atoms with Crippen molar-refractivity contribution in [1.82, 2.24) is 5.32 Å². The van der Waals surface area contributed by atoms with Gasteiger partial charge in [-0.1, -0.05) is 30.3 Å². The summed E-state index contributed by atoms with van der Waals surface area (Å²) in [4.78, 5) is 24.0. The van der Waals surface area contributed by atoms with Crippen LogP contribution < -0.4 is 5.32 Å². The Morgan fingerprint density at radius 3 is 2.52 bits per heavy atom. The Hall–Kier alpha value is -1.84. The molecule has 0 heterocycles. The van der Waals surface area contributed by atoms with Crippen LogP contribution in [0.2, 0.25) is 0 Å². The van der Waals surface area contributed by atoms with E-state index in [1.807, 2.05) is 37.3 Å². The molecule has 1 aromatic carbocycles. The Labute approximate surface area is 124 Å². The van der Waals surface area contributed by atoms with Gasteiger partial charge in [-0.25, -0.2) is 0 Å². The minimum atomic E-state index is -0.510. The summed E-state index contributed by atoms with van der Waals surface area (Å²) in [6.07, 6.45) is 3.96. The number of hydrogen-bond donors (Lipinski definition) is 1. The summed E-state index contributed by atoms with van der Waals surface area (Å²) >= 11 is 0. The molecule has 4 heteroatoms. The smallest absolute Gasteiger partial charge is 0.317 e. The van der Waals surface area contributed by atoms with Gasteiger partial charge in [-0.3, -0.25) is 9.59 Å². The molecule has 112 valence electrons. The molecule has 2 aliphatic rings. The number of carbonyl (C=O) groups is 2. The number of benzene rings is 1. The van der Waals surface area contributed by atoms with Gasteiger partial charge in [0, 0.05) is 6.04 Å². The number of ether oxygens (including phenoxy) is 1. The molecule has 0 bridgehead atoms. The molecule has 0 saturated heterocycles. The summed E-state index contributed by atoms with van der Waals surface area (Å²) in [5, 5.41) is 2.89. The Morgan fingerprint density at radius 1 is 1.29 bits per heavy atom. The van der Waals surface area contributed by atoms with E-state index in [9.17, 15) is 9.59 Å². The summed E-state index contributed by atoms with van der Waals surface area (Å²) in [5.74, 6) is 0.123. The van der Waals surface area contributed by atoms with Gasteiger partial charge in [0.25, 0.3) is 5.91 Å². The van der Waals surface area contributed by atoms with Crippen molar-refractivity contribution >= 4 is 11.9 Å². The third-order valence-corrected chi connectivity index (χ3v) is 4.52. The Kier molecular flexibility index (Phi) is 3.70. The van der Waals surface area contributed by atoms with E-state index in [0.29, 0.717) is 5.92 Å². The van der Waals surface area contributed by atoms with Gasteiger partial charge >= 0.3 is 5.97 Å². The standard InChI is InChI=1S/C17H21NO3/c1-12(13-7-8-13)18-15(19)11-21-16(20)17(9-10-17)14-5-3-2-4-6-14/h2-6,12-13H,7-11H2,1H3,(H,18,19)/t12-/m0/s1. The van der Waals surface area contributed by atoms with Crippen molar-refractivity contribution in [3.05, 3.63) is 35.9 Å². The maximum atomic E-state index is 12.3. The van der Waals surface area contributed by atoms with Gasteiger partial charge in [0.05, 0.1) is 5.41 Å². The number of rotatable bonds is 6. The summed E-state index contributed by atoms with van der Waals surface area (Å²) in [6, 6.07) is 9.85. The zero-order valence-electron chi connectivity index (χ0n) is 12.3. The molecule has 0 spiro atoms. The van der Waals surface area contributed by atoms with Crippen molar-refractivity contribution < 1.29 is 14.3 Å². The van der Waals surface area contributed by atoms with Gasteiger partial charge in [0.15, 0.2) is 6.61 Å². The quantitative estimate of drug-likeness (QED) is 0.816. The second-order valence-electron chi connectivity index (χ2n) is 6.22. The van der Waals surface area contributed by atoms with Crippen LogP contribution in [0.15, 0.2) is 30.3 Å². The van der Waals surface area contributed by atoms with Gasteiger partial charge in [0.2, 0.25) is 0 Å². The lowest BCUT2D eigenvalue weighted by Gasteiger charge is -2.16. The average molecular weight is 287 g/mol. The fourth-order valence-electron chi connectivity index (χ4n) is 2.77. The molecular formula is C17H21NO3. The molecule has 0 unspecified atom stereocenters. The fraction of sp³-hybridized carbons (Fsp3) is 0.529. The van der Waals surface area contributed by atoms with Crippen molar-refractivity contribution in [3.63, 3.8) is 0 Å². The summed E-state index contributed by atoms with van der Waals surface area (Å²) < 4.78 is 5.24. The Bertz CT molecular complexity index is 532. The second kappa shape index (κ2) is 5.51. The van der Waals surface area contributed by atoms with E-state index >= 15 is 0 Å². The SMILES string of the molecule is C[C@H](NC(=O)COC(=O)C1(c2ccccc2)CC1)C1CC1. The Morgan fingerprint density at radius 2 is 1.95 bits per heavy atom. The lowest BCUT2D eigenvalue weighted by Crippen LogP contribution is -2.38. The van der Waals surface area contributed by atoms with Gasteiger partial charge in [-0.2, -0.15) is 0 Å². The molecule has 1 aromatic rings. The first-order chi connectivity index (χ1) is 10.1. The molecule has 0 radical (unpaired) electrons. The Balaban J connectivity index is 1.51. The predicted molar refractivity (Wildman–Crippen MR) is 78.6 cm³/mol. The molecule has 4 nitrogen and oxygen atoms in total. The minimum Gasteiger partial charge on any atom is -0.455 e. The van der Waals surface area contributed by atoms with E-state index in [-0.39, 0.29) is 24.5 Å². The van der Waals surface area contributed by atoms with Crippen molar-refractivity contribution in [1.29, 1.82) is 0 Å². The highest BCUT2D eigenvalue weighted by molar-refractivity contribution is 5.89. The van der Waals surface area contributed by atoms with Crippen molar-refractivity contribution in [2.24, 2.45) is 5.92 Å². The van der Waals surface area contributed by atoms with Gasteiger partial charge in [-0.05, 0) is 44.1 Å². The maximum Gasteiger partial charge on any atom is 0.317 e. The molecule has 1 atom stereocenters. The van der Waals surface area contributed by atoms with Crippen LogP contribution >= 0.6 is 0 Å². The van der Waals surface area contributed by atoms with E-state index in [1.165, 1.54) is 12.8 Å². The monoisotopic (exact) mass is 287 g/mol. The summed E-state index contributed by atoms with van der Waals surface area (Å²) in [6.45, 7) is 1.83. The number of amides is 1. The number of carbonyl (C=O) groups excluding carboxylic acids is 2. The molecule has 2 saturated carbocycles. The van der Waals surface area contributed by atoms with E-state index < -0.39 is 5.41 Å². The maximum absolute atomic E-state index is 12.3. The molecule has 0 aliphatic heterocycles. The lowest BCUT2D eigenvalue weighted by atomic mass is 9.96. The van der Waals surface area contributed by atoms with Gasteiger partial charge in [-0.15, -0.1) is 0 Å². The van der Waals surface area contributed by atoms with Crippen LogP contribution in [0.5, 0.6) is 0 Å². The van der Waals surface area contributed by atoms with Crippen LogP contribution in [0.1, 0.15) is 38.2 Å². The third-order valence-electron chi connectivity index (χ3n) is 4.52. The molecule has 0 aromatic heterocycles. The van der Waals surface area contributed by atoms with Gasteiger partial charge in [0.1, 0.15) is 0 Å². The van der Waals surface area contributed by atoms with Crippen LogP contribution in [-0.4, -0.2) is 24.5 Å². The van der Waals surface area contributed by atoms with Crippen LogP contribution in [0, 0.1) is 5.92 Å². The molecule has 2 fully saturated rings. The van der Waals surface area contributed by atoms with E-state index in [1.54, 1.807) is 0 Å². The van der Waals surface area contributed by atoms with Crippen LogP contribution in [0.3, 0.4) is 0 Å². The normalized spacial score (nSPS) is 20.4. The second-order valence-corrected chi connectivity index (χ2v) is 6.22. The molecular weight excluding hydrogens is 266 g/mol. The topological polar surface area (TPSA) is 55.4 Å². The number of hydrogen-bond acceptors (Lipinski definition) is 3. The van der Waals surface area contributed by atoms with E-state index in [2.05, 4.69) is 5.32 Å². The first-order valence-electron chi connectivity index (χ1n) is 7.64. The fourth-order valence-corrected chi connectivity index (χ4v) is 2.77. The highest BCUT2D eigenvalue weighted by atomic mass is 16.5. The summed E-state index contributed by atoms with van der Waals surface area (Å²) in [5.41, 5.74) is 0.477. The lowest BCUT2D eigenvalue weighted by molar-refractivity contribution is -0.151. The predicted octanol–water partition coefficient (Wildman–Crippen LogP) is 2.18. The van der Waals surface area contributed by atoms with E-state index in [4.69, 9.17) is 4.74 Å². The molecule has 1 amide bonds. The van der Waals surface area contributed by atoms with Crippen LogP contribution in [0.25, 0.3) is 0 Å². The molecule has 3 rings (SSSR count). The minimum absolute atomic E-state index is 0.176. The van der Waals surface area contributed by atoms with Crippen molar-refractivity contribution in [2.45, 2.75) is 44.1 Å². The highest BCUT2D eigenvalue weighted by Gasteiger charge is 2.52. The van der Waals surface area contributed by atoms with E-state index in [0.717, 1.165) is 18.4 Å². The average Bonchev–Trinajstić information content (AvgIpc) is 3.39. The first-order valence-corrected chi connectivity index (χ1v) is 7.64. The highest BCUT2D eigenvalue weighted by Crippen LogP contribution is 2.49. The molecule has 21 heavy (non-hydrogen) atoms. The zero-order chi connectivity index (χ0) is 14.9. The van der Waals surface area contributed by atoms with Crippen LogP contribution in [0.4, 0.5) is 0 Å². The number of esters is 1. The third kappa shape index (κ3) is 3.09. The van der Waals surface area contributed by atoms with Gasteiger partial charge < -0.3 is 10.1 Å². The molecule has 1 N–H and O–H groups in total. The van der Waals surface area contributed by atoms with Crippen molar-refractivity contribution in [2.75, 3.05) is 6.61 Å².